The summed E-state index contributed by atoms with van der Waals surface area (Å²) >= 11 is 5.84. The van der Waals surface area contributed by atoms with Crippen LogP contribution in [0.2, 0.25) is 5.02 Å². The molecule has 5 nitrogen and oxygen atoms in total. The number of nitrogens with one attached hydrogen (secondary N) is 2. The number of rotatable bonds is 5. The lowest BCUT2D eigenvalue weighted by atomic mass is 10.1. The molecular formula is C16H17ClN4O. The second-order valence-corrected chi connectivity index (χ2v) is 5.70. The zero-order valence-corrected chi connectivity index (χ0v) is 12.9. The van der Waals surface area contributed by atoms with Gasteiger partial charge >= 0.3 is 0 Å². The van der Waals surface area contributed by atoms with Gasteiger partial charge in [0.25, 0.3) is 0 Å². The Kier molecular flexibility index (Phi) is 4.38. The predicted octanol–water partition coefficient (Wildman–Crippen LogP) is 2.74. The fourth-order valence-electron chi connectivity index (χ4n) is 2.32. The second kappa shape index (κ2) is 6.44. The van der Waals surface area contributed by atoms with Crippen LogP contribution in [-0.2, 0) is 6.54 Å². The minimum absolute atomic E-state index is 0.462. The van der Waals surface area contributed by atoms with Crippen molar-refractivity contribution in [1.29, 1.82) is 0 Å². The standard InChI is InChI=1S/C16H17ClN4O/c1-10-14-6-11(8-19-16(14)21-20-10)7-18-9-15(22)12-2-4-13(17)5-3-12/h2-6,8,15,18,22H,7,9H2,1H3,(H,19,20,21)/t15-/m1/s1. The number of aliphatic hydroxyl groups is 1. The number of aromatic amines is 1. The average molecular weight is 317 g/mol. The van der Waals surface area contributed by atoms with E-state index in [1.807, 2.05) is 19.1 Å². The molecule has 3 aromatic rings. The molecule has 3 rings (SSSR count). The highest BCUT2D eigenvalue weighted by Gasteiger charge is 2.08. The highest BCUT2D eigenvalue weighted by atomic mass is 35.5. The van der Waals surface area contributed by atoms with E-state index in [-0.39, 0.29) is 0 Å². The van der Waals surface area contributed by atoms with Crippen molar-refractivity contribution in [2.45, 2.75) is 19.6 Å². The Hall–Kier alpha value is -1.95. The summed E-state index contributed by atoms with van der Waals surface area (Å²) in [5.74, 6) is 0. The molecule has 0 unspecified atom stereocenters. The molecular weight excluding hydrogens is 300 g/mol. The van der Waals surface area contributed by atoms with Crippen molar-refractivity contribution >= 4 is 22.6 Å². The number of pyridine rings is 1. The molecule has 22 heavy (non-hydrogen) atoms. The van der Waals surface area contributed by atoms with Gasteiger partial charge in [0.2, 0.25) is 0 Å². The van der Waals surface area contributed by atoms with Crippen molar-refractivity contribution in [3.8, 4) is 0 Å². The fraction of sp³-hybridized carbons (Fsp3) is 0.250. The van der Waals surface area contributed by atoms with Crippen LogP contribution in [0.5, 0.6) is 0 Å². The van der Waals surface area contributed by atoms with E-state index in [0.717, 1.165) is 27.9 Å². The topological polar surface area (TPSA) is 73.8 Å². The summed E-state index contributed by atoms with van der Waals surface area (Å²) in [5, 5.41) is 22.1. The maximum atomic E-state index is 10.1. The van der Waals surface area contributed by atoms with E-state index in [9.17, 15) is 5.11 Å². The van der Waals surface area contributed by atoms with Gasteiger partial charge in [0, 0.05) is 35.4 Å². The van der Waals surface area contributed by atoms with Gasteiger partial charge in [-0.25, -0.2) is 4.98 Å². The summed E-state index contributed by atoms with van der Waals surface area (Å²) in [7, 11) is 0. The third kappa shape index (κ3) is 3.27. The summed E-state index contributed by atoms with van der Waals surface area (Å²) in [4.78, 5) is 4.31. The predicted molar refractivity (Wildman–Crippen MR) is 86.7 cm³/mol. The molecule has 2 heterocycles. The number of benzene rings is 1. The van der Waals surface area contributed by atoms with Gasteiger partial charge in [0.05, 0.1) is 6.10 Å². The van der Waals surface area contributed by atoms with Crippen LogP contribution >= 0.6 is 11.6 Å². The Balaban J connectivity index is 1.59. The van der Waals surface area contributed by atoms with Crippen molar-refractivity contribution in [3.05, 3.63) is 58.4 Å². The molecule has 1 atom stereocenters. The van der Waals surface area contributed by atoms with E-state index < -0.39 is 6.10 Å². The maximum absolute atomic E-state index is 10.1. The van der Waals surface area contributed by atoms with E-state index >= 15 is 0 Å². The van der Waals surface area contributed by atoms with Crippen molar-refractivity contribution in [1.82, 2.24) is 20.5 Å². The number of nitrogens with zero attached hydrogens (tertiary/aromatic N) is 2. The zero-order valence-electron chi connectivity index (χ0n) is 12.2. The summed E-state index contributed by atoms with van der Waals surface area (Å²) in [5.41, 5.74) is 3.63. The molecule has 0 saturated heterocycles. The maximum Gasteiger partial charge on any atom is 0.181 e. The van der Waals surface area contributed by atoms with Crippen molar-refractivity contribution < 1.29 is 5.11 Å². The Morgan fingerprint density at radius 2 is 2.09 bits per heavy atom. The lowest BCUT2D eigenvalue weighted by molar-refractivity contribution is 0.174. The SMILES string of the molecule is Cc1[nH]nc2ncc(CNC[C@@H](O)c3ccc(Cl)cc3)cc12. The van der Waals surface area contributed by atoms with Crippen molar-refractivity contribution in [2.75, 3.05) is 6.54 Å². The molecule has 0 bridgehead atoms. The number of aliphatic hydroxyl groups excluding tert-OH is 1. The van der Waals surface area contributed by atoms with Gasteiger partial charge in [-0.2, -0.15) is 5.10 Å². The first-order valence-corrected chi connectivity index (χ1v) is 7.45. The van der Waals surface area contributed by atoms with Crippen LogP contribution in [0.25, 0.3) is 11.0 Å². The van der Waals surface area contributed by atoms with Crippen LogP contribution in [0, 0.1) is 6.92 Å². The molecule has 0 saturated carbocycles. The third-order valence-corrected chi connectivity index (χ3v) is 3.83. The molecule has 0 aliphatic heterocycles. The van der Waals surface area contributed by atoms with Gasteiger partial charge in [-0.05, 0) is 36.2 Å². The fourth-order valence-corrected chi connectivity index (χ4v) is 2.44. The second-order valence-electron chi connectivity index (χ2n) is 5.26. The molecule has 0 aliphatic rings. The van der Waals surface area contributed by atoms with Crippen molar-refractivity contribution in [2.24, 2.45) is 0 Å². The van der Waals surface area contributed by atoms with E-state index in [4.69, 9.17) is 11.6 Å². The quantitative estimate of drug-likeness (QED) is 0.676. The molecule has 0 radical (unpaired) electrons. The van der Waals surface area contributed by atoms with Gasteiger partial charge in [0.1, 0.15) is 0 Å². The van der Waals surface area contributed by atoms with Gasteiger partial charge in [-0.3, -0.25) is 5.10 Å². The van der Waals surface area contributed by atoms with Gasteiger partial charge in [-0.1, -0.05) is 23.7 Å². The Bertz CT molecular complexity index is 769. The largest absolute Gasteiger partial charge is 0.387 e. The summed E-state index contributed by atoms with van der Waals surface area (Å²) in [6.07, 6.45) is 1.23. The van der Waals surface area contributed by atoms with Gasteiger partial charge in [0.15, 0.2) is 5.65 Å². The molecule has 6 heteroatoms. The monoisotopic (exact) mass is 316 g/mol. The number of H-pyrrole nitrogens is 1. The first-order chi connectivity index (χ1) is 10.6. The summed E-state index contributed by atoms with van der Waals surface area (Å²) in [6.45, 7) is 3.07. The lowest BCUT2D eigenvalue weighted by Crippen LogP contribution is -2.21. The summed E-state index contributed by atoms with van der Waals surface area (Å²) < 4.78 is 0. The average Bonchev–Trinajstić information content (AvgIpc) is 2.89. The molecule has 3 N–H and O–H groups in total. The summed E-state index contributed by atoms with van der Waals surface area (Å²) in [6, 6.07) is 9.27. The van der Waals surface area contributed by atoms with Crippen LogP contribution in [0.4, 0.5) is 0 Å². The first-order valence-electron chi connectivity index (χ1n) is 7.07. The number of fused-ring (bicyclic) bond motifs is 1. The minimum atomic E-state index is -0.565. The molecule has 0 aliphatic carbocycles. The number of aromatic nitrogens is 3. The van der Waals surface area contributed by atoms with E-state index in [2.05, 4.69) is 26.6 Å². The van der Waals surface area contributed by atoms with Crippen molar-refractivity contribution in [3.63, 3.8) is 0 Å². The Labute approximate surface area is 133 Å². The highest BCUT2D eigenvalue weighted by molar-refractivity contribution is 6.30. The molecule has 0 spiro atoms. The Morgan fingerprint density at radius 3 is 2.86 bits per heavy atom. The van der Waals surface area contributed by atoms with E-state index in [1.54, 1.807) is 18.3 Å². The lowest BCUT2D eigenvalue weighted by Gasteiger charge is -2.12. The smallest absolute Gasteiger partial charge is 0.181 e. The molecule has 114 valence electrons. The molecule has 0 amide bonds. The normalized spacial score (nSPS) is 12.7. The minimum Gasteiger partial charge on any atom is -0.387 e. The number of hydrogen-bond acceptors (Lipinski definition) is 4. The van der Waals surface area contributed by atoms with E-state index in [1.165, 1.54) is 0 Å². The Morgan fingerprint density at radius 1 is 1.32 bits per heavy atom. The van der Waals surface area contributed by atoms with Crippen LogP contribution in [0.1, 0.15) is 22.9 Å². The van der Waals surface area contributed by atoms with Crippen LogP contribution < -0.4 is 5.32 Å². The van der Waals surface area contributed by atoms with Crippen LogP contribution in [0.15, 0.2) is 36.5 Å². The number of hydrogen-bond donors (Lipinski definition) is 3. The van der Waals surface area contributed by atoms with Gasteiger partial charge < -0.3 is 10.4 Å². The van der Waals surface area contributed by atoms with Gasteiger partial charge in [-0.15, -0.1) is 0 Å². The molecule has 1 aromatic carbocycles. The zero-order chi connectivity index (χ0) is 15.5. The third-order valence-electron chi connectivity index (χ3n) is 3.58. The molecule has 2 aromatic heterocycles. The van der Waals surface area contributed by atoms with Crippen LogP contribution in [-0.4, -0.2) is 26.8 Å². The highest BCUT2D eigenvalue weighted by Crippen LogP contribution is 2.17. The van der Waals surface area contributed by atoms with E-state index in [0.29, 0.717) is 18.1 Å². The molecule has 0 fully saturated rings. The number of halogens is 1. The first kappa shape index (κ1) is 15.0. The number of aryl methyl sites for hydroxylation is 1. The van der Waals surface area contributed by atoms with Crippen LogP contribution in [0.3, 0.4) is 0 Å².